The molecule has 1 heterocycles. The summed E-state index contributed by atoms with van der Waals surface area (Å²) in [5, 5.41) is 0. The fourth-order valence-corrected chi connectivity index (χ4v) is 2.95. The van der Waals surface area contributed by atoms with Crippen LogP contribution in [0, 0.1) is 0 Å². The zero-order valence-electron chi connectivity index (χ0n) is 11.7. The Bertz CT molecular complexity index is 656. The van der Waals surface area contributed by atoms with Gasteiger partial charge >= 0.3 is 0 Å². The van der Waals surface area contributed by atoms with Gasteiger partial charge in [-0.1, -0.05) is 6.42 Å². The minimum atomic E-state index is -0.00327. The summed E-state index contributed by atoms with van der Waals surface area (Å²) in [4.78, 5) is 14.9. The maximum atomic E-state index is 11.9. The normalized spacial score (nSPS) is 14.4. The molecule has 1 aliphatic carbocycles. The molecule has 2 aromatic rings. The van der Waals surface area contributed by atoms with Gasteiger partial charge in [-0.15, -0.1) is 0 Å². The molecule has 0 fully saturated rings. The van der Waals surface area contributed by atoms with Crippen molar-refractivity contribution in [2.24, 2.45) is 0 Å². The summed E-state index contributed by atoms with van der Waals surface area (Å²) >= 11 is 0. The molecule has 0 radical (unpaired) electrons. The Morgan fingerprint density at radius 2 is 1.80 bits per heavy atom. The third-order valence-electron chi connectivity index (χ3n) is 3.99. The van der Waals surface area contributed by atoms with Gasteiger partial charge in [0.15, 0.2) is 0 Å². The van der Waals surface area contributed by atoms with E-state index in [-0.39, 0.29) is 5.56 Å². The van der Waals surface area contributed by atoms with E-state index in [9.17, 15) is 4.79 Å². The van der Waals surface area contributed by atoms with Crippen LogP contribution in [0.1, 0.15) is 30.4 Å². The highest BCUT2D eigenvalue weighted by Gasteiger charge is 2.14. The molecule has 20 heavy (non-hydrogen) atoms. The largest absolute Gasteiger partial charge is 0.497 e. The van der Waals surface area contributed by atoms with Gasteiger partial charge in [-0.05, 0) is 66.6 Å². The number of aryl methyl sites for hydroxylation is 1. The molecule has 0 amide bonds. The average molecular weight is 269 g/mol. The van der Waals surface area contributed by atoms with Crippen molar-refractivity contribution in [2.45, 2.75) is 32.1 Å². The lowest BCUT2D eigenvalue weighted by atomic mass is 9.97. The number of aromatic amines is 1. The quantitative estimate of drug-likeness (QED) is 0.850. The highest BCUT2D eigenvalue weighted by Crippen LogP contribution is 2.29. The van der Waals surface area contributed by atoms with Crippen molar-refractivity contribution in [3.8, 4) is 17.0 Å². The number of aromatic nitrogens is 1. The fraction of sp³-hybridized carbons (Fsp3) is 0.353. The predicted molar refractivity (Wildman–Crippen MR) is 80.3 cm³/mol. The Morgan fingerprint density at radius 1 is 1.05 bits per heavy atom. The van der Waals surface area contributed by atoms with E-state index in [1.54, 1.807) is 13.2 Å². The summed E-state index contributed by atoms with van der Waals surface area (Å²) in [5.41, 5.74) is 4.57. The molecule has 1 N–H and O–H groups in total. The molecule has 0 unspecified atom stereocenters. The second-order valence-electron chi connectivity index (χ2n) is 5.30. The maximum Gasteiger partial charge on any atom is 0.248 e. The van der Waals surface area contributed by atoms with Crippen LogP contribution in [0.4, 0.5) is 0 Å². The molecule has 3 rings (SSSR count). The van der Waals surface area contributed by atoms with E-state index in [1.165, 1.54) is 30.4 Å². The van der Waals surface area contributed by atoms with Crippen LogP contribution >= 0.6 is 0 Å². The minimum absolute atomic E-state index is 0.00327. The van der Waals surface area contributed by atoms with E-state index < -0.39 is 0 Å². The van der Waals surface area contributed by atoms with Gasteiger partial charge in [-0.25, -0.2) is 0 Å². The lowest BCUT2D eigenvalue weighted by molar-refractivity contribution is 0.415. The van der Waals surface area contributed by atoms with Crippen LogP contribution in [-0.4, -0.2) is 12.1 Å². The lowest BCUT2D eigenvalue weighted by Crippen LogP contribution is -2.11. The Hall–Kier alpha value is -2.03. The number of fused-ring (bicyclic) bond motifs is 1. The third-order valence-corrected chi connectivity index (χ3v) is 3.99. The van der Waals surface area contributed by atoms with Crippen molar-refractivity contribution in [2.75, 3.05) is 7.11 Å². The molecule has 0 spiro atoms. The van der Waals surface area contributed by atoms with E-state index in [0.717, 1.165) is 29.8 Å². The highest BCUT2D eigenvalue weighted by molar-refractivity contribution is 5.65. The third kappa shape index (κ3) is 2.48. The number of hydrogen-bond donors (Lipinski definition) is 1. The summed E-state index contributed by atoms with van der Waals surface area (Å²) in [6.07, 6.45) is 5.68. The molecular weight excluding hydrogens is 250 g/mol. The number of hydrogen-bond acceptors (Lipinski definition) is 2. The number of methoxy groups -OCH3 is 1. The predicted octanol–water partition coefficient (Wildman–Crippen LogP) is 3.32. The van der Waals surface area contributed by atoms with Gasteiger partial charge in [0.2, 0.25) is 5.56 Å². The second-order valence-corrected chi connectivity index (χ2v) is 5.30. The summed E-state index contributed by atoms with van der Waals surface area (Å²) < 4.78 is 5.19. The van der Waals surface area contributed by atoms with Gasteiger partial charge in [0.1, 0.15) is 5.75 Å². The minimum Gasteiger partial charge on any atom is -0.497 e. The summed E-state index contributed by atoms with van der Waals surface area (Å²) in [5.74, 6) is 0.832. The Balaban J connectivity index is 2.11. The summed E-state index contributed by atoms with van der Waals surface area (Å²) in [6.45, 7) is 0. The summed E-state index contributed by atoms with van der Waals surface area (Å²) in [7, 11) is 1.66. The molecule has 0 aliphatic heterocycles. The number of rotatable bonds is 2. The van der Waals surface area contributed by atoms with Crippen molar-refractivity contribution in [1.82, 2.24) is 4.98 Å². The van der Waals surface area contributed by atoms with Crippen LogP contribution in [0.5, 0.6) is 5.75 Å². The second kappa shape index (κ2) is 5.53. The molecule has 0 bridgehead atoms. The first-order valence-electron chi connectivity index (χ1n) is 7.17. The monoisotopic (exact) mass is 269 g/mol. The molecule has 1 aromatic carbocycles. The zero-order chi connectivity index (χ0) is 13.9. The molecule has 3 nitrogen and oxygen atoms in total. The number of pyridine rings is 1. The number of nitrogens with one attached hydrogen (secondary N) is 1. The first-order valence-corrected chi connectivity index (χ1v) is 7.17. The van der Waals surface area contributed by atoms with Gasteiger partial charge in [0.25, 0.3) is 0 Å². The highest BCUT2D eigenvalue weighted by atomic mass is 16.5. The lowest BCUT2D eigenvalue weighted by Gasteiger charge is -2.12. The first kappa shape index (κ1) is 13.0. The van der Waals surface area contributed by atoms with E-state index in [2.05, 4.69) is 4.98 Å². The van der Waals surface area contributed by atoms with Gasteiger partial charge in [0.05, 0.1) is 12.8 Å². The average Bonchev–Trinajstić information content (AvgIpc) is 2.71. The van der Waals surface area contributed by atoms with Crippen LogP contribution in [-0.2, 0) is 12.8 Å². The fourth-order valence-electron chi connectivity index (χ4n) is 2.95. The van der Waals surface area contributed by atoms with Crippen LogP contribution in [0.2, 0.25) is 0 Å². The van der Waals surface area contributed by atoms with E-state index in [4.69, 9.17) is 4.74 Å². The zero-order valence-corrected chi connectivity index (χ0v) is 11.7. The molecule has 1 aliphatic rings. The van der Waals surface area contributed by atoms with Crippen LogP contribution in [0.3, 0.4) is 0 Å². The van der Waals surface area contributed by atoms with Crippen LogP contribution < -0.4 is 10.3 Å². The van der Waals surface area contributed by atoms with Crippen molar-refractivity contribution in [3.63, 3.8) is 0 Å². The van der Waals surface area contributed by atoms with Crippen molar-refractivity contribution >= 4 is 0 Å². The van der Waals surface area contributed by atoms with Gasteiger partial charge in [0, 0.05) is 6.07 Å². The number of benzene rings is 1. The number of H-pyrrole nitrogens is 1. The van der Waals surface area contributed by atoms with E-state index >= 15 is 0 Å². The molecule has 0 saturated heterocycles. The summed E-state index contributed by atoms with van der Waals surface area (Å²) in [6, 6.07) is 9.66. The van der Waals surface area contributed by atoms with Crippen LogP contribution in [0.25, 0.3) is 11.3 Å². The molecule has 0 saturated carbocycles. The number of ether oxygens (including phenoxy) is 1. The van der Waals surface area contributed by atoms with E-state index in [1.807, 2.05) is 24.3 Å². The Kier molecular flexibility index (Phi) is 3.59. The maximum absolute atomic E-state index is 11.9. The van der Waals surface area contributed by atoms with Gasteiger partial charge < -0.3 is 9.72 Å². The van der Waals surface area contributed by atoms with Crippen LogP contribution in [0.15, 0.2) is 35.1 Å². The standard InChI is InChI=1S/C17H19NO2/c1-20-14-9-7-12(8-10-14)17-15-6-4-2-3-5-13(15)11-16(19)18-17/h7-11H,2-6H2,1H3,(H,18,19). The molecule has 1 aromatic heterocycles. The Labute approximate surface area is 118 Å². The van der Waals surface area contributed by atoms with Crippen molar-refractivity contribution in [3.05, 3.63) is 51.8 Å². The molecule has 3 heteroatoms. The van der Waals surface area contributed by atoms with Gasteiger partial charge in [-0.3, -0.25) is 4.79 Å². The topological polar surface area (TPSA) is 42.1 Å². The molecule has 0 atom stereocenters. The van der Waals surface area contributed by atoms with E-state index in [0.29, 0.717) is 0 Å². The first-order chi connectivity index (χ1) is 9.78. The van der Waals surface area contributed by atoms with Crippen molar-refractivity contribution in [1.29, 1.82) is 0 Å². The smallest absolute Gasteiger partial charge is 0.248 e. The molecule has 104 valence electrons. The van der Waals surface area contributed by atoms with Gasteiger partial charge in [-0.2, -0.15) is 0 Å². The van der Waals surface area contributed by atoms with Crippen molar-refractivity contribution < 1.29 is 4.74 Å². The molecular formula is C17H19NO2. The SMILES string of the molecule is COc1ccc(-c2[nH]c(=O)cc3c2CCCCC3)cc1. The Morgan fingerprint density at radius 3 is 2.55 bits per heavy atom.